The zero-order valence-electron chi connectivity index (χ0n) is 15.5. The van der Waals surface area contributed by atoms with E-state index in [1.807, 2.05) is 78.9 Å². The van der Waals surface area contributed by atoms with Gasteiger partial charge in [-0.05, 0) is 71.4 Å². The van der Waals surface area contributed by atoms with Crippen molar-refractivity contribution in [2.75, 3.05) is 11.9 Å². The molecule has 1 N–H and O–H groups in total. The lowest BCUT2D eigenvalue weighted by molar-refractivity contribution is -0.118. The Morgan fingerprint density at radius 1 is 0.828 bits per heavy atom. The third kappa shape index (κ3) is 5.40. The molecule has 0 heterocycles. The first kappa shape index (κ1) is 19.6. The average molecular weight is 464 g/mol. The topological polar surface area (TPSA) is 38.3 Å². The maximum atomic E-state index is 12.2. The number of carbonyl (C=O) groups excluding carboxylic acids is 1. The molecule has 0 aliphatic heterocycles. The normalized spacial score (nSPS) is 10.7. The number of nitrogens with one attached hydrogen (secondary N) is 1. The molecule has 0 aliphatic rings. The van der Waals surface area contributed by atoms with Crippen LogP contribution in [0.15, 0.2) is 105 Å². The van der Waals surface area contributed by atoms with E-state index in [9.17, 15) is 4.79 Å². The molecule has 29 heavy (non-hydrogen) atoms. The summed E-state index contributed by atoms with van der Waals surface area (Å²) in [5.74, 6) is 0.492. The molecular weight excluding hydrogens is 446 g/mol. The zero-order chi connectivity index (χ0) is 20.1. The van der Waals surface area contributed by atoms with Gasteiger partial charge in [0, 0.05) is 20.0 Å². The number of ether oxygens (including phenoxy) is 1. The lowest BCUT2D eigenvalue weighted by Gasteiger charge is -2.09. The molecule has 0 radical (unpaired) electrons. The van der Waals surface area contributed by atoms with Crippen molar-refractivity contribution in [1.29, 1.82) is 0 Å². The summed E-state index contributed by atoms with van der Waals surface area (Å²) in [6.07, 6.45) is 0. The van der Waals surface area contributed by atoms with Gasteiger partial charge in [-0.3, -0.25) is 4.79 Å². The van der Waals surface area contributed by atoms with Crippen LogP contribution in [0.4, 0.5) is 5.69 Å². The van der Waals surface area contributed by atoms with Gasteiger partial charge in [0.1, 0.15) is 5.75 Å². The van der Waals surface area contributed by atoms with Crippen LogP contribution in [-0.2, 0) is 4.79 Å². The van der Waals surface area contributed by atoms with Crippen molar-refractivity contribution < 1.29 is 9.53 Å². The molecule has 144 valence electrons. The Labute approximate surface area is 182 Å². The lowest BCUT2D eigenvalue weighted by atomic mass is 10.1. The number of amides is 1. The van der Waals surface area contributed by atoms with E-state index >= 15 is 0 Å². The van der Waals surface area contributed by atoms with Crippen LogP contribution < -0.4 is 10.1 Å². The van der Waals surface area contributed by atoms with E-state index in [-0.39, 0.29) is 12.5 Å². The third-order valence-electron chi connectivity index (χ3n) is 4.28. The quantitative estimate of drug-likeness (QED) is 0.342. The Morgan fingerprint density at radius 3 is 2.21 bits per heavy atom. The summed E-state index contributed by atoms with van der Waals surface area (Å²) in [5, 5.41) is 5.10. The Morgan fingerprint density at radius 2 is 1.48 bits per heavy atom. The van der Waals surface area contributed by atoms with E-state index in [2.05, 4.69) is 33.4 Å². The zero-order valence-corrected chi connectivity index (χ0v) is 17.9. The van der Waals surface area contributed by atoms with Crippen LogP contribution in [0.3, 0.4) is 0 Å². The fraction of sp³-hybridized carbons (Fsp3) is 0.0417. The summed E-state index contributed by atoms with van der Waals surface area (Å²) in [6.45, 7) is -0.0340. The van der Waals surface area contributed by atoms with E-state index in [0.29, 0.717) is 5.75 Å². The van der Waals surface area contributed by atoms with Gasteiger partial charge < -0.3 is 10.1 Å². The highest BCUT2D eigenvalue weighted by Crippen LogP contribution is 2.29. The van der Waals surface area contributed by atoms with Crippen molar-refractivity contribution in [2.45, 2.75) is 9.79 Å². The molecule has 4 aromatic carbocycles. The second kappa shape index (κ2) is 9.16. The molecule has 3 nitrogen and oxygen atoms in total. The Hall–Kier alpha value is -2.76. The summed E-state index contributed by atoms with van der Waals surface area (Å²) < 4.78 is 6.70. The minimum Gasteiger partial charge on any atom is -0.484 e. The van der Waals surface area contributed by atoms with Crippen LogP contribution in [0.25, 0.3) is 10.8 Å². The maximum absolute atomic E-state index is 12.2. The summed E-state index contributed by atoms with van der Waals surface area (Å²) in [4.78, 5) is 14.5. The van der Waals surface area contributed by atoms with Gasteiger partial charge in [-0.1, -0.05) is 58.0 Å². The molecular formula is C24H18BrNO2S. The van der Waals surface area contributed by atoms with Crippen molar-refractivity contribution in [2.24, 2.45) is 0 Å². The SMILES string of the molecule is O=C(COc1ccc2ccccc2c1)Nc1ccc(Sc2ccc(Br)cc2)cc1. The number of anilines is 1. The third-order valence-corrected chi connectivity index (χ3v) is 5.82. The van der Waals surface area contributed by atoms with Gasteiger partial charge in [0.2, 0.25) is 0 Å². The summed E-state index contributed by atoms with van der Waals surface area (Å²) >= 11 is 5.12. The maximum Gasteiger partial charge on any atom is 0.262 e. The highest BCUT2D eigenvalue weighted by molar-refractivity contribution is 9.10. The molecule has 4 aromatic rings. The van der Waals surface area contributed by atoms with Crippen molar-refractivity contribution >= 4 is 50.1 Å². The molecule has 1 amide bonds. The lowest BCUT2D eigenvalue weighted by Crippen LogP contribution is -2.20. The van der Waals surface area contributed by atoms with Crippen molar-refractivity contribution in [3.63, 3.8) is 0 Å². The van der Waals surface area contributed by atoms with Crippen LogP contribution in [-0.4, -0.2) is 12.5 Å². The molecule has 4 rings (SSSR count). The largest absolute Gasteiger partial charge is 0.484 e. The Bertz CT molecular complexity index is 1130. The van der Waals surface area contributed by atoms with E-state index < -0.39 is 0 Å². The first-order valence-corrected chi connectivity index (χ1v) is 10.7. The van der Waals surface area contributed by atoms with E-state index in [0.717, 1.165) is 30.7 Å². The monoisotopic (exact) mass is 463 g/mol. The molecule has 0 spiro atoms. The summed E-state index contributed by atoms with van der Waals surface area (Å²) in [7, 11) is 0. The van der Waals surface area contributed by atoms with E-state index in [1.54, 1.807) is 11.8 Å². The average Bonchev–Trinajstić information content (AvgIpc) is 2.75. The number of benzene rings is 4. The fourth-order valence-corrected chi connectivity index (χ4v) is 3.93. The number of hydrogen-bond donors (Lipinski definition) is 1. The molecule has 0 saturated carbocycles. The van der Waals surface area contributed by atoms with Crippen molar-refractivity contribution in [3.05, 3.63) is 95.5 Å². The van der Waals surface area contributed by atoms with Crippen molar-refractivity contribution in [1.82, 2.24) is 0 Å². The first-order chi connectivity index (χ1) is 14.2. The molecule has 0 aliphatic carbocycles. The van der Waals surface area contributed by atoms with Gasteiger partial charge in [-0.25, -0.2) is 0 Å². The van der Waals surface area contributed by atoms with Gasteiger partial charge in [0.05, 0.1) is 0 Å². The molecule has 0 saturated heterocycles. The Kier molecular flexibility index (Phi) is 6.17. The molecule has 0 atom stereocenters. The van der Waals surface area contributed by atoms with Gasteiger partial charge >= 0.3 is 0 Å². The first-order valence-electron chi connectivity index (χ1n) is 9.11. The number of fused-ring (bicyclic) bond motifs is 1. The van der Waals surface area contributed by atoms with Gasteiger partial charge in [0.15, 0.2) is 6.61 Å². The fourth-order valence-electron chi connectivity index (χ4n) is 2.85. The van der Waals surface area contributed by atoms with Crippen LogP contribution >= 0.6 is 27.7 Å². The highest BCUT2D eigenvalue weighted by atomic mass is 79.9. The Balaban J connectivity index is 1.31. The molecule has 0 aromatic heterocycles. The van der Waals surface area contributed by atoms with Gasteiger partial charge in [-0.15, -0.1) is 0 Å². The minimum absolute atomic E-state index is 0.0340. The van der Waals surface area contributed by atoms with Crippen LogP contribution in [0.5, 0.6) is 5.75 Å². The number of rotatable bonds is 6. The molecule has 0 unspecified atom stereocenters. The predicted molar refractivity (Wildman–Crippen MR) is 123 cm³/mol. The van der Waals surface area contributed by atoms with Crippen LogP contribution in [0, 0.1) is 0 Å². The minimum atomic E-state index is -0.188. The number of carbonyl (C=O) groups is 1. The van der Waals surface area contributed by atoms with Crippen LogP contribution in [0.2, 0.25) is 0 Å². The van der Waals surface area contributed by atoms with Gasteiger partial charge in [-0.2, -0.15) is 0 Å². The van der Waals surface area contributed by atoms with Crippen molar-refractivity contribution in [3.8, 4) is 5.75 Å². The highest BCUT2D eigenvalue weighted by Gasteiger charge is 2.05. The van der Waals surface area contributed by atoms with E-state index in [4.69, 9.17) is 4.74 Å². The summed E-state index contributed by atoms with van der Waals surface area (Å²) in [5.41, 5.74) is 0.747. The number of halogens is 1. The molecule has 0 bridgehead atoms. The van der Waals surface area contributed by atoms with E-state index in [1.165, 1.54) is 0 Å². The second-order valence-electron chi connectivity index (χ2n) is 6.43. The second-order valence-corrected chi connectivity index (χ2v) is 8.49. The standard InChI is InChI=1S/C24H18BrNO2S/c25-19-6-11-22(12-7-19)29-23-13-8-20(9-14-23)26-24(27)16-28-21-10-5-17-3-1-2-4-18(17)15-21/h1-15H,16H2,(H,26,27). The molecule has 5 heteroatoms. The number of hydrogen-bond acceptors (Lipinski definition) is 3. The predicted octanol–water partition coefficient (Wildman–Crippen LogP) is 6.77. The van der Waals surface area contributed by atoms with Gasteiger partial charge in [0.25, 0.3) is 5.91 Å². The molecule has 0 fully saturated rings. The summed E-state index contributed by atoms with van der Waals surface area (Å²) in [6, 6.07) is 29.8. The smallest absolute Gasteiger partial charge is 0.262 e. The van der Waals surface area contributed by atoms with Crippen LogP contribution in [0.1, 0.15) is 0 Å².